The van der Waals surface area contributed by atoms with Crippen molar-refractivity contribution in [2.24, 2.45) is 5.92 Å². The zero-order chi connectivity index (χ0) is 23.3. The molecule has 0 bridgehead atoms. The summed E-state index contributed by atoms with van der Waals surface area (Å²) in [6.07, 6.45) is 5.32. The molecule has 0 spiro atoms. The van der Waals surface area contributed by atoms with Crippen LogP contribution in [0.4, 0.5) is 0 Å². The van der Waals surface area contributed by atoms with Gasteiger partial charge in [-0.3, -0.25) is 0 Å². The summed E-state index contributed by atoms with van der Waals surface area (Å²) in [7, 11) is 1.68. The van der Waals surface area contributed by atoms with Gasteiger partial charge in [0.2, 0.25) is 0 Å². The molecule has 3 aromatic carbocycles. The third-order valence-electron chi connectivity index (χ3n) is 7.95. The third-order valence-corrected chi connectivity index (χ3v) is 7.95. The van der Waals surface area contributed by atoms with E-state index in [1.807, 2.05) is 48.5 Å². The van der Waals surface area contributed by atoms with Crippen LogP contribution in [0.3, 0.4) is 0 Å². The predicted octanol–water partition coefficient (Wildman–Crippen LogP) is 6.13. The van der Waals surface area contributed by atoms with Crippen molar-refractivity contribution < 1.29 is 19.0 Å². The standard InChI is InChI=1S/C30H28O4/c1-3-30-23-14-13-22-17-24(32-2)18-26(27(22)30)33-28(30)25(16-15-23)34-29(31)21-11-9-20(10-12-21)19-7-5-4-6-8-19/h3-12,17-18,23,25,28H,1,13-16H2,2H3/t23-,25-,28+,30-/m0/s1. The number of hydrogen-bond donors (Lipinski definition) is 0. The first-order chi connectivity index (χ1) is 16.6. The van der Waals surface area contributed by atoms with Crippen LogP contribution < -0.4 is 9.47 Å². The van der Waals surface area contributed by atoms with Gasteiger partial charge in [0, 0.05) is 11.6 Å². The van der Waals surface area contributed by atoms with Crippen LogP contribution in [0.5, 0.6) is 11.5 Å². The molecule has 1 saturated carbocycles. The number of carbonyl (C=O) groups excluding carboxylic acids is 1. The van der Waals surface area contributed by atoms with Gasteiger partial charge in [-0.15, -0.1) is 6.58 Å². The topological polar surface area (TPSA) is 44.8 Å². The van der Waals surface area contributed by atoms with Gasteiger partial charge in [-0.1, -0.05) is 48.5 Å². The smallest absolute Gasteiger partial charge is 0.338 e. The highest BCUT2D eigenvalue weighted by Gasteiger charge is 2.60. The van der Waals surface area contributed by atoms with E-state index in [2.05, 4.69) is 30.9 Å². The molecule has 4 heteroatoms. The number of ether oxygens (including phenoxy) is 3. The van der Waals surface area contributed by atoms with E-state index in [4.69, 9.17) is 14.2 Å². The van der Waals surface area contributed by atoms with Crippen molar-refractivity contribution in [3.05, 3.63) is 96.1 Å². The number of benzene rings is 3. The summed E-state index contributed by atoms with van der Waals surface area (Å²) in [6.45, 7) is 4.24. The van der Waals surface area contributed by atoms with Crippen molar-refractivity contribution >= 4 is 5.97 Å². The Kier molecular flexibility index (Phi) is 4.98. The summed E-state index contributed by atoms with van der Waals surface area (Å²) in [5.41, 5.74) is 4.90. The molecule has 4 atom stereocenters. The second-order valence-corrected chi connectivity index (χ2v) is 9.54. The summed E-state index contributed by atoms with van der Waals surface area (Å²) in [5.74, 6) is 1.78. The molecule has 4 nitrogen and oxygen atoms in total. The average molecular weight is 453 g/mol. The molecule has 0 saturated heterocycles. The van der Waals surface area contributed by atoms with Crippen LogP contribution in [0.15, 0.2) is 79.4 Å². The molecule has 0 N–H and O–H groups in total. The van der Waals surface area contributed by atoms with Crippen LogP contribution in [-0.4, -0.2) is 25.3 Å². The van der Waals surface area contributed by atoms with E-state index in [1.165, 1.54) is 11.1 Å². The minimum absolute atomic E-state index is 0.266. The highest BCUT2D eigenvalue weighted by Crippen LogP contribution is 2.59. The summed E-state index contributed by atoms with van der Waals surface area (Å²) in [5, 5.41) is 0. The van der Waals surface area contributed by atoms with Gasteiger partial charge in [-0.2, -0.15) is 0 Å². The highest BCUT2D eigenvalue weighted by molar-refractivity contribution is 5.90. The van der Waals surface area contributed by atoms with Gasteiger partial charge in [-0.05, 0) is 66.5 Å². The maximum Gasteiger partial charge on any atom is 0.338 e. The molecule has 0 aromatic heterocycles. The van der Waals surface area contributed by atoms with Gasteiger partial charge in [0.1, 0.15) is 23.7 Å². The van der Waals surface area contributed by atoms with Crippen LogP contribution >= 0.6 is 0 Å². The number of hydrogen-bond acceptors (Lipinski definition) is 4. The molecular formula is C30H28O4. The van der Waals surface area contributed by atoms with Gasteiger partial charge in [-0.25, -0.2) is 4.79 Å². The first-order valence-electron chi connectivity index (χ1n) is 12.0. The fourth-order valence-corrected chi connectivity index (χ4v) is 6.35. The van der Waals surface area contributed by atoms with Crippen LogP contribution in [0, 0.1) is 5.92 Å². The van der Waals surface area contributed by atoms with Crippen molar-refractivity contribution in [2.75, 3.05) is 7.11 Å². The Bertz CT molecular complexity index is 1250. The molecule has 0 radical (unpaired) electrons. The van der Waals surface area contributed by atoms with Gasteiger partial charge in [0.15, 0.2) is 0 Å². The maximum atomic E-state index is 13.2. The first kappa shape index (κ1) is 21.0. The molecule has 3 aromatic rings. The molecule has 2 aliphatic carbocycles. The minimum Gasteiger partial charge on any atom is -0.497 e. The van der Waals surface area contributed by atoms with Crippen LogP contribution in [0.25, 0.3) is 11.1 Å². The Labute approximate surface area is 200 Å². The normalized spacial score (nSPS) is 26.2. The number of methoxy groups -OCH3 is 1. The van der Waals surface area contributed by atoms with E-state index >= 15 is 0 Å². The van der Waals surface area contributed by atoms with Gasteiger partial charge >= 0.3 is 5.97 Å². The van der Waals surface area contributed by atoms with Crippen molar-refractivity contribution in [1.82, 2.24) is 0 Å². The first-order valence-corrected chi connectivity index (χ1v) is 12.0. The third kappa shape index (κ3) is 3.08. The summed E-state index contributed by atoms with van der Waals surface area (Å²) < 4.78 is 18.2. The largest absolute Gasteiger partial charge is 0.497 e. The van der Waals surface area contributed by atoms with E-state index < -0.39 is 0 Å². The molecule has 6 rings (SSSR count). The lowest BCUT2D eigenvalue weighted by Gasteiger charge is -2.48. The van der Waals surface area contributed by atoms with Crippen molar-refractivity contribution in [2.45, 2.75) is 43.3 Å². The van der Waals surface area contributed by atoms with Crippen LogP contribution in [0.2, 0.25) is 0 Å². The Hall–Kier alpha value is -3.53. The van der Waals surface area contributed by atoms with E-state index in [1.54, 1.807) is 7.11 Å². The molecule has 0 amide bonds. The lowest BCUT2D eigenvalue weighted by Crippen LogP contribution is -2.55. The lowest BCUT2D eigenvalue weighted by atomic mass is 9.56. The Morgan fingerprint density at radius 3 is 2.53 bits per heavy atom. The summed E-state index contributed by atoms with van der Waals surface area (Å²) in [4.78, 5) is 13.2. The van der Waals surface area contributed by atoms with Gasteiger partial charge in [0.25, 0.3) is 0 Å². The number of rotatable bonds is 5. The molecule has 1 aliphatic heterocycles. The van der Waals surface area contributed by atoms with Crippen molar-refractivity contribution in [3.8, 4) is 22.6 Å². The second kappa shape index (κ2) is 8.05. The molecule has 1 fully saturated rings. The van der Waals surface area contributed by atoms with Crippen molar-refractivity contribution in [1.29, 1.82) is 0 Å². The second-order valence-electron chi connectivity index (χ2n) is 9.54. The van der Waals surface area contributed by atoms with Gasteiger partial charge in [0.05, 0.1) is 18.1 Å². The maximum absolute atomic E-state index is 13.2. The SMILES string of the molecule is C=C[C@]12c3c4cc(OC)cc3O[C@@H]1[C@@H](OC(=O)c1ccc(-c3ccccc3)cc1)CC[C@@H]2CC4. The molecule has 1 heterocycles. The van der Waals surface area contributed by atoms with E-state index in [0.717, 1.165) is 48.3 Å². The molecule has 0 unspecified atom stereocenters. The minimum atomic E-state index is -0.333. The Balaban J connectivity index is 1.28. The van der Waals surface area contributed by atoms with Crippen LogP contribution in [0.1, 0.15) is 40.7 Å². The monoisotopic (exact) mass is 452 g/mol. The molecular weight excluding hydrogens is 424 g/mol. The van der Waals surface area contributed by atoms with E-state index in [-0.39, 0.29) is 23.6 Å². The summed E-state index contributed by atoms with van der Waals surface area (Å²) >= 11 is 0. The fourth-order valence-electron chi connectivity index (χ4n) is 6.35. The van der Waals surface area contributed by atoms with Gasteiger partial charge < -0.3 is 14.2 Å². The number of carbonyl (C=O) groups is 1. The zero-order valence-electron chi connectivity index (χ0n) is 19.3. The average Bonchev–Trinajstić information content (AvgIpc) is 3.25. The lowest BCUT2D eigenvalue weighted by molar-refractivity contribution is -0.0559. The van der Waals surface area contributed by atoms with E-state index in [0.29, 0.717) is 11.5 Å². The Morgan fingerprint density at radius 2 is 1.79 bits per heavy atom. The predicted molar refractivity (Wildman–Crippen MR) is 131 cm³/mol. The highest BCUT2D eigenvalue weighted by atomic mass is 16.6. The fraction of sp³-hybridized carbons (Fsp3) is 0.300. The summed E-state index contributed by atoms with van der Waals surface area (Å²) in [6, 6.07) is 21.8. The quantitative estimate of drug-likeness (QED) is 0.345. The number of aryl methyl sites for hydroxylation is 1. The molecule has 34 heavy (non-hydrogen) atoms. The molecule has 3 aliphatic rings. The van der Waals surface area contributed by atoms with Crippen LogP contribution in [-0.2, 0) is 16.6 Å². The number of esters is 1. The molecule has 172 valence electrons. The van der Waals surface area contributed by atoms with E-state index in [9.17, 15) is 4.79 Å². The van der Waals surface area contributed by atoms with Crippen molar-refractivity contribution in [3.63, 3.8) is 0 Å². The Morgan fingerprint density at radius 1 is 1.03 bits per heavy atom. The zero-order valence-corrected chi connectivity index (χ0v) is 19.3.